The number of piperazine rings is 1. The first-order chi connectivity index (χ1) is 13.7. The Morgan fingerprint density at radius 1 is 0.821 bits per heavy atom. The summed E-state index contributed by atoms with van der Waals surface area (Å²) >= 11 is 0. The van der Waals surface area contributed by atoms with Gasteiger partial charge >= 0.3 is 0 Å². The van der Waals surface area contributed by atoms with Gasteiger partial charge in [-0.15, -0.1) is 0 Å². The maximum absolute atomic E-state index is 5.97. The average Bonchev–Trinajstić information content (AvgIpc) is 3.09. The number of piperidine rings is 1. The number of rotatable bonds is 4. The summed E-state index contributed by atoms with van der Waals surface area (Å²) in [5.74, 6) is 0.902. The van der Waals surface area contributed by atoms with Crippen LogP contribution in [0.15, 0.2) is 46.9 Å². The van der Waals surface area contributed by atoms with Crippen LogP contribution >= 0.6 is 0 Å². The molecule has 0 atom stereocenters. The number of para-hydroxylation sites is 1. The summed E-state index contributed by atoms with van der Waals surface area (Å²) in [6.07, 6.45) is 2.74. The average molecular weight is 378 g/mol. The molecular weight excluding hydrogens is 346 g/mol. The second-order valence-corrected chi connectivity index (χ2v) is 8.75. The summed E-state index contributed by atoms with van der Waals surface area (Å²) < 4.78 is 5.97. The first-order valence-electron chi connectivity index (χ1n) is 10.8. The molecular formula is C24H31N3O. The van der Waals surface area contributed by atoms with Gasteiger partial charge in [0, 0.05) is 50.0 Å². The van der Waals surface area contributed by atoms with Crippen LogP contribution in [0.5, 0.6) is 0 Å². The number of benzene rings is 2. The van der Waals surface area contributed by atoms with Crippen molar-refractivity contribution in [2.24, 2.45) is 5.92 Å². The van der Waals surface area contributed by atoms with Crippen LogP contribution < -0.4 is 0 Å². The molecule has 2 saturated heterocycles. The minimum atomic E-state index is 0.902. The van der Waals surface area contributed by atoms with Crippen molar-refractivity contribution in [3.05, 3.63) is 48.0 Å². The van der Waals surface area contributed by atoms with E-state index in [0.29, 0.717) is 0 Å². The van der Waals surface area contributed by atoms with Gasteiger partial charge in [-0.1, -0.05) is 24.3 Å². The Morgan fingerprint density at radius 2 is 1.54 bits per heavy atom. The topological polar surface area (TPSA) is 22.9 Å². The molecule has 28 heavy (non-hydrogen) atoms. The van der Waals surface area contributed by atoms with Gasteiger partial charge in [-0.2, -0.15) is 0 Å². The van der Waals surface area contributed by atoms with E-state index in [-0.39, 0.29) is 0 Å². The molecule has 0 radical (unpaired) electrons. The lowest BCUT2D eigenvalue weighted by molar-refractivity contribution is 0.0964. The Hall–Kier alpha value is -1.88. The van der Waals surface area contributed by atoms with Gasteiger partial charge in [0.15, 0.2) is 0 Å². The molecule has 0 spiro atoms. The third-order valence-electron chi connectivity index (χ3n) is 6.67. The van der Waals surface area contributed by atoms with Crippen molar-refractivity contribution in [3.8, 4) is 0 Å². The van der Waals surface area contributed by atoms with Crippen LogP contribution in [-0.4, -0.2) is 67.6 Å². The zero-order chi connectivity index (χ0) is 18.9. The summed E-state index contributed by atoms with van der Waals surface area (Å²) in [4.78, 5) is 7.77. The quantitative estimate of drug-likeness (QED) is 0.684. The van der Waals surface area contributed by atoms with E-state index in [1.807, 2.05) is 6.07 Å². The summed E-state index contributed by atoms with van der Waals surface area (Å²) in [7, 11) is 2.25. The molecule has 4 heteroatoms. The number of fused-ring (bicyclic) bond motifs is 3. The number of furan rings is 1. The number of hydrogen-bond donors (Lipinski definition) is 0. The first-order valence-corrected chi connectivity index (χ1v) is 10.8. The number of likely N-dealkylation sites (tertiary alicyclic amines) is 1. The maximum Gasteiger partial charge on any atom is 0.135 e. The molecule has 3 aromatic rings. The van der Waals surface area contributed by atoms with Gasteiger partial charge in [-0.05, 0) is 62.7 Å². The van der Waals surface area contributed by atoms with E-state index in [2.05, 4.69) is 58.1 Å². The molecule has 0 saturated carbocycles. The van der Waals surface area contributed by atoms with Crippen LogP contribution in [0.1, 0.15) is 18.4 Å². The molecule has 0 aliphatic carbocycles. The molecule has 2 aliphatic heterocycles. The monoisotopic (exact) mass is 377 g/mol. The van der Waals surface area contributed by atoms with Gasteiger partial charge in [-0.3, -0.25) is 4.90 Å². The standard InChI is InChI=1S/C24H31N3O/c1-25-10-8-19(9-11-25)17-26-12-14-27(15-13-26)18-20-6-7-24-22(16-20)21-4-2-3-5-23(21)28-24/h2-7,16,19H,8-15,17-18H2,1H3. The molecule has 2 fully saturated rings. The SMILES string of the molecule is CN1CCC(CN2CCN(Cc3ccc4oc5ccccc5c4c3)CC2)CC1. The summed E-state index contributed by atoms with van der Waals surface area (Å²) in [5.41, 5.74) is 3.37. The van der Waals surface area contributed by atoms with Gasteiger partial charge < -0.3 is 14.2 Å². The molecule has 0 unspecified atom stereocenters. The maximum atomic E-state index is 5.97. The van der Waals surface area contributed by atoms with E-state index in [4.69, 9.17) is 4.42 Å². The molecule has 0 N–H and O–H groups in total. The molecule has 5 rings (SSSR count). The third-order valence-corrected chi connectivity index (χ3v) is 6.67. The fourth-order valence-electron chi connectivity index (χ4n) is 4.87. The van der Waals surface area contributed by atoms with E-state index >= 15 is 0 Å². The number of hydrogen-bond acceptors (Lipinski definition) is 4. The zero-order valence-electron chi connectivity index (χ0n) is 16.9. The molecule has 148 valence electrons. The summed E-state index contributed by atoms with van der Waals surface area (Å²) in [5, 5.41) is 2.47. The van der Waals surface area contributed by atoms with Crippen LogP contribution in [0.2, 0.25) is 0 Å². The highest BCUT2D eigenvalue weighted by atomic mass is 16.3. The van der Waals surface area contributed by atoms with Crippen molar-refractivity contribution in [1.29, 1.82) is 0 Å². The molecule has 0 amide bonds. The second kappa shape index (κ2) is 7.86. The summed E-state index contributed by atoms with van der Waals surface area (Å²) in [6, 6.07) is 15.0. The van der Waals surface area contributed by atoms with Gasteiger partial charge in [0.1, 0.15) is 11.2 Å². The minimum absolute atomic E-state index is 0.902. The van der Waals surface area contributed by atoms with Crippen molar-refractivity contribution in [3.63, 3.8) is 0 Å². The molecule has 1 aromatic heterocycles. The normalized spacial score (nSPS) is 21.0. The van der Waals surface area contributed by atoms with Crippen LogP contribution in [0, 0.1) is 5.92 Å². The fraction of sp³-hybridized carbons (Fsp3) is 0.500. The second-order valence-electron chi connectivity index (χ2n) is 8.75. The Kier molecular flexibility index (Phi) is 5.10. The summed E-state index contributed by atoms with van der Waals surface area (Å²) in [6.45, 7) is 9.66. The van der Waals surface area contributed by atoms with E-state index in [1.54, 1.807) is 0 Å². The van der Waals surface area contributed by atoms with Crippen LogP contribution in [-0.2, 0) is 6.54 Å². The van der Waals surface area contributed by atoms with Gasteiger partial charge in [0.25, 0.3) is 0 Å². The predicted molar refractivity (Wildman–Crippen MR) is 116 cm³/mol. The highest BCUT2D eigenvalue weighted by molar-refractivity contribution is 6.04. The zero-order valence-corrected chi connectivity index (χ0v) is 16.9. The van der Waals surface area contributed by atoms with Crippen molar-refractivity contribution < 1.29 is 4.42 Å². The fourth-order valence-corrected chi connectivity index (χ4v) is 4.87. The van der Waals surface area contributed by atoms with E-state index in [9.17, 15) is 0 Å². The van der Waals surface area contributed by atoms with Gasteiger partial charge in [0.05, 0.1) is 0 Å². The van der Waals surface area contributed by atoms with Crippen LogP contribution in [0.25, 0.3) is 21.9 Å². The van der Waals surface area contributed by atoms with Crippen LogP contribution in [0.4, 0.5) is 0 Å². The predicted octanol–water partition coefficient (Wildman–Crippen LogP) is 4.05. The lowest BCUT2D eigenvalue weighted by Crippen LogP contribution is -2.48. The molecule has 3 heterocycles. The minimum Gasteiger partial charge on any atom is -0.456 e. The lowest BCUT2D eigenvalue weighted by atomic mass is 9.96. The Morgan fingerprint density at radius 3 is 2.36 bits per heavy atom. The Bertz CT molecular complexity index is 933. The van der Waals surface area contributed by atoms with Crippen molar-refractivity contribution in [1.82, 2.24) is 14.7 Å². The largest absolute Gasteiger partial charge is 0.456 e. The number of nitrogens with zero attached hydrogens (tertiary/aromatic N) is 3. The van der Waals surface area contributed by atoms with E-state index in [1.165, 1.54) is 75.0 Å². The third kappa shape index (κ3) is 3.82. The van der Waals surface area contributed by atoms with E-state index in [0.717, 1.165) is 23.6 Å². The van der Waals surface area contributed by atoms with Gasteiger partial charge in [-0.25, -0.2) is 0 Å². The van der Waals surface area contributed by atoms with Crippen molar-refractivity contribution in [2.75, 3.05) is 52.9 Å². The van der Waals surface area contributed by atoms with Crippen LogP contribution in [0.3, 0.4) is 0 Å². The van der Waals surface area contributed by atoms with Crippen molar-refractivity contribution >= 4 is 21.9 Å². The lowest BCUT2D eigenvalue weighted by Gasteiger charge is -2.38. The first kappa shape index (κ1) is 18.2. The highest BCUT2D eigenvalue weighted by Gasteiger charge is 2.23. The van der Waals surface area contributed by atoms with Gasteiger partial charge in [0.2, 0.25) is 0 Å². The van der Waals surface area contributed by atoms with Crippen molar-refractivity contribution in [2.45, 2.75) is 19.4 Å². The van der Waals surface area contributed by atoms with E-state index < -0.39 is 0 Å². The molecule has 4 nitrogen and oxygen atoms in total. The molecule has 0 bridgehead atoms. The Labute approximate surface area is 167 Å². The molecule has 2 aromatic carbocycles. The Balaban J connectivity index is 1.19. The smallest absolute Gasteiger partial charge is 0.135 e. The molecule has 2 aliphatic rings. The highest BCUT2D eigenvalue weighted by Crippen LogP contribution is 2.29.